The van der Waals surface area contributed by atoms with Gasteiger partial charge in [-0.25, -0.2) is 0 Å². The van der Waals surface area contributed by atoms with Gasteiger partial charge < -0.3 is 0 Å². The zero-order chi connectivity index (χ0) is 10.7. The Morgan fingerprint density at radius 3 is 2.47 bits per heavy atom. The molecule has 0 N–H and O–H groups in total. The molecule has 2 aromatic rings. The number of carbonyl (C=O) groups excluding carboxylic acids is 1. The molecule has 0 aliphatic rings. The van der Waals surface area contributed by atoms with Gasteiger partial charge in [0.15, 0.2) is 6.29 Å². The number of nitrogens with zero attached hydrogens (tertiary/aromatic N) is 1. The highest BCUT2D eigenvalue weighted by Gasteiger charge is 2.01. The van der Waals surface area contributed by atoms with Crippen molar-refractivity contribution in [2.24, 2.45) is 0 Å². The summed E-state index contributed by atoms with van der Waals surface area (Å²) in [5.41, 5.74) is 3.48. The van der Waals surface area contributed by atoms with E-state index in [0.29, 0.717) is 5.69 Å². The van der Waals surface area contributed by atoms with Crippen LogP contribution in [-0.2, 0) is 0 Å². The summed E-state index contributed by atoms with van der Waals surface area (Å²) in [6, 6.07) is 13.7. The average molecular weight is 197 g/mol. The summed E-state index contributed by atoms with van der Waals surface area (Å²) in [5, 5.41) is 0. The van der Waals surface area contributed by atoms with Crippen molar-refractivity contribution >= 4 is 6.29 Å². The van der Waals surface area contributed by atoms with E-state index >= 15 is 0 Å². The van der Waals surface area contributed by atoms with Crippen molar-refractivity contribution in [2.75, 3.05) is 0 Å². The summed E-state index contributed by atoms with van der Waals surface area (Å²) in [6.45, 7) is 1.89. The van der Waals surface area contributed by atoms with E-state index < -0.39 is 0 Å². The number of benzene rings is 1. The first-order chi connectivity index (χ1) is 7.29. The van der Waals surface area contributed by atoms with E-state index in [1.165, 1.54) is 0 Å². The van der Waals surface area contributed by atoms with Gasteiger partial charge in [0.25, 0.3) is 0 Å². The van der Waals surface area contributed by atoms with Gasteiger partial charge in [0.1, 0.15) is 5.69 Å². The number of carbonyl (C=O) groups is 1. The predicted octanol–water partition coefficient (Wildman–Crippen LogP) is 2.87. The van der Waals surface area contributed by atoms with E-state index in [1.54, 1.807) is 6.07 Å². The van der Waals surface area contributed by atoms with Crippen LogP contribution in [0.5, 0.6) is 0 Å². The molecule has 0 unspecified atom stereocenters. The van der Waals surface area contributed by atoms with Gasteiger partial charge in [-0.3, -0.25) is 9.78 Å². The van der Waals surface area contributed by atoms with Crippen molar-refractivity contribution in [3.63, 3.8) is 0 Å². The molecule has 1 aromatic carbocycles. The lowest BCUT2D eigenvalue weighted by Gasteiger charge is -2.03. The molecule has 2 heteroatoms. The normalized spacial score (nSPS) is 9.93. The highest BCUT2D eigenvalue weighted by atomic mass is 16.1. The van der Waals surface area contributed by atoms with Gasteiger partial charge in [-0.1, -0.05) is 30.3 Å². The Labute approximate surface area is 88.6 Å². The Morgan fingerprint density at radius 1 is 1.07 bits per heavy atom. The van der Waals surface area contributed by atoms with Crippen molar-refractivity contribution in [1.82, 2.24) is 4.98 Å². The number of pyridine rings is 1. The van der Waals surface area contributed by atoms with Crippen LogP contribution in [-0.4, -0.2) is 11.3 Å². The highest BCUT2D eigenvalue weighted by Crippen LogP contribution is 2.19. The number of hydrogen-bond acceptors (Lipinski definition) is 2. The third kappa shape index (κ3) is 2.10. The third-order valence-corrected chi connectivity index (χ3v) is 2.20. The summed E-state index contributed by atoms with van der Waals surface area (Å²) in [6.07, 6.45) is 0.777. The fraction of sp³-hybridized carbons (Fsp3) is 0.0769. The second-order valence-electron chi connectivity index (χ2n) is 3.41. The van der Waals surface area contributed by atoms with E-state index in [4.69, 9.17) is 0 Å². The molecule has 2 nitrogen and oxygen atoms in total. The minimum absolute atomic E-state index is 0.480. The van der Waals surface area contributed by atoms with Crippen LogP contribution in [0.15, 0.2) is 42.5 Å². The van der Waals surface area contributed by atoms with E-state index in [0.717, 1.165) is 23.1 Å². The lowest BCUT2D eigenvalue weighted by atomic mass is 10.1. The molecule has 74 valence electrons. The molecule has 2 rings (SSSR count). The maximum Gasteiger partial charge on any atom is 0.168 e. The first kappa shape index (κ1) is 9.59. The number of hydrogen-bond donors (Lipinski definition) is 0. The van der Waals surface area contributed by atoms with Gasteiger partial charge >= 0.3 is 0 Å². The summed E-state index contributed by atoms with van der Waals surface area (Å²) in [7, 11) is 0. The minimum atomic E-state index is 0.480. The summed E-state index contributed by atoms with van der Waals surface area (Å²) >= 11 is 0. The molecule has 0 saturated heterocycles. The summed E-state index contributed by atoms with van der Waals surface area (Å²) in [5.74, 6) is 0. The molecule has 0 radical (unpaired) electrons. The van der Waals surface area contributed by atoms with Crippen molar-refractivity contribution in [2.45, 2.75) is 6.92 Å². The minimum Gasteiger partial charge on any atom is -0.296 e. The average Bonchev–Trinajstić information content (AvgIpc) is 2.29. The van der Waals surface area contributed by atoms with Gasteiger partial charge in [-0.05, 0) is 30.2 Å². The molecular formula is C13H11NO. The molecule has 0 amide bonds. The maximum atomic E-state index is 10.7. The summed E-state index contributed by atoms with van der Waals surface area (Å²) < 4.78 is 0. The Morgan fingerprint density at radius 2 is 1.80 bits per heavy atom. The van der Waals surface area contributed by atoms with Crippen LogP contribution in [0.2, 0.25) is 0 Å². The largest absolute Gasteiger partial charge is 0.296 e. The van der Waals surface area contributed by atoms with Gasteiger partial charge in [-0.15, -0.1) is 0 Å². The Bertz CT molecular complexity index is 477. The quantitative estimate of drug-likeness (QED) is 0.693. The SMILES string of the molecule is Cc1cc(-c2ccccc2)cc(C=O)n1. The van der Waals surface area contributed by atoms with Crippen molar-refractivity contribution in [1.29, 1.82) is 0 Å². The van der Waals surface area contributed by atoms with Crippen LogP contribution < -0.4 is 0 Å². The Kier molecular flexibility index (Phi) is 2.59. The molecule has 0 atom stereocenters. The van der Waals surface area contributed by atoms with Crippen LogP contribution in [0, 0.1) is 6.92 Å². The van der Waals surface area contributed by atoms with E-state index in [2.05, 4.69) is 4.98 Å². The number of aromatic nitrogens is 1. The monoisotopic (exact) mass is 197 g/mol. The van der Waals surface area contributed by atoms with Gasteiger partial charge in [0, 0.05) is 5.69 Å². The van der Waals surface area contributed by atoms with E-state index in [-0.39, 0.29) is 0 Å². The number of rotatable bonds is 2. The molecule has 1 aromatic heterocycles. The lowest BCUT2D eigenvalue weighted by Crippen LogP contribution is -1.91. The van der Waals surface area contributed by atoms with Crippen LogP contribution in [0.4, 0.5) is 0 Å². The summed E-state index contributed by atoms with van der Waals surface area (Å²) in [4.78, 5) is 14.8. The van der Waals surface area contributed by atoms with E-state index in [1.807, 2.05) is 43.3 Å². The van der Waals surface area contributed by atoms with Gasteiger partial charge in [-0.2, -0.15) is 0 Å². The Balaban J connectivity index is 2.53. The van der Waals surface area contributed by atoms with Crippen LogP contribution >= 0.6 is 0 Å². The van der Waals surface area contributed by atoms with Crippen molar-refractivity contribution in [3.05, 3.63) is 53.9 Å². The van der Waals surface area contributed by atoms with Crippen molar-refractivity contribution in [3.8, 4) is 11.1 Å². The molecule has 0 fully saturated rings. The molecule has 0 aliphatic heterocycles. The zero-order valence-electron chi connectivity index (χ0n) is 8.47. The molecule has 0 aliphatic carbocycles. The predicted molar refractivity (Wildman–Crippen MR) is 59.8 cm³/mol. The smallest absolute Gasteiger partial charge is 0.168 e. The molecule has 1 heterocycles. The zero-order valence-corrected chi connectivity index (χ0v) is 8.47. The fourth-order valence-corrected chi connectivity index (χ4v) is 1.55. The first-order valence-corrected chi connectivity index (χ1v) is 4.79. The van der Waals surface area contributed by atoms with Crippen LogP contribution in [0.3, 0.4) is 0 Å². The van der Waals surface area contributed by atoms with Crippen LogP contribution in [0.25, 0.3) is 11.1 Å². The molecular weight excluding hydrogens is 186 g/mol. The van der Waals surface area contributed by atoms with Gasteiger partial charge in [0.2, 0.25) is 0 Å². The molecule has 0 spiro atoms. The number of aryl methyl sites for hydroxylation is 1. The second kappa shape index (κ2) is 4.05. The first-order valence-electron chi connectivity index (χ1n) is 4.79. The molecule has 0 saturated carbocycles. The lowest BCUT2D eigenvalue weighted by molar-refractivity contribution is 0.111. The molecule has 0 bridgehead atoms. The topological polar surface area (TPSA) is 30.0 Å². The van der Waals surface area contributed by atoms with E-state index in [9.17, 15) is 4.79 Å². The highest BCUT2D eigenvalue weighted by molar-refractivity contribution is 5.76. The molecule has 15 heavy (non-hydrogen) atoms. The Hall–Kier alpha value is -1.96. The fourth-order valence-electron chi connectivity index (χ4n) is 1.55. The second-order valence-corrected chi connectivity index (χ2v) is 3.41. The third-order valence-electron chi connectivity index (χ3n) is 2.20. The number of aldehydes is 1. The van der Waals surface area contributed by atoms with Crippen molar-refractivity contribution < 1.29 is 4.79 Å². The maximum absolute atomic E-state index is 10.7. The standard InChI is InChI=1S/C13H11NO/c1-10-7-12(8-13(9-15)14-10)11-5-3-2-4-6-11/h2-9H,1H3. The van der Waals surface area contributed by atoms with Crippen LogP contribution in [0.1, 0.15) is 16.2 Å². The van der Waals surface area contributed by atoms with Gasteiger partial charge in [0.05, 0.1) is 0 Å².